The van der Waals surface area contributed by atoms with Gasteiger partial charge in [-0.3, -0.25) is 4.90 Å². The van der Waals surface area contributed by atoms with Crippen LogP contribution in [0.4, 0.5) is 0 Å². The number of nitrogens with zero attached hydrogens (tertiary/aromatic N) is 4. The number of methoxy groups -OCH3 is 1. The van der Waals surface area contributed by atoms with Gasteiger partial charge < -0.3 is 9.84 Å². The number of piperidine rings is 1. The number of aryl methyl sites for hydroxylation is 1. The Labute approximate surface area is 198 Å². The fourth-order valence-electron chi connectivity index (χ4n) is 7.04. The van der Waals surface area contributed by atoms with E-state index in [1.54, 1.807) is 18.4 Å². The highest BCUT2D eigenvalue weighted by molar-refractivity contribution is 7.12. The third kappa shape index (κ3) is 2.73. The summed E-state index contributed by atoms with van der Waals surface area (Å²) in [5.74, 6) is 1.69. The Balaban J connectivity index is 1.43. The first-order valence-electron chi connectivity index (χ1n) is 12.1. The van der Waals surface area contributed by atoms with Gasteiger partial charge in [0, 0.05) is 42.4 Å². The van der Waals surface area contributed by atoms with E-state index >= 15 is 0 Å². The molecule has 3 atom stereocenters. The summed E-state index contributed by atoms with van der Waals surface area (Å²) in [6.07, 6.45) is 7.81. The van der Waals surface area contributed by atoms with Gasteiger partial charge in [0.05, 0.1) is 24.1 Å². The SMILES string of the molecule is COc1ccc2c(c1)[C@@]13CCN(CC4CC4)C(C2)[C@@]1(O)Cc1c(C)nn(-c2nccs2)c1C3. The summed E-state index contributed by atoms with van der Waals surface area (Å²) in [5.41, 5.74) is 4.95. The van der Waals surface area contributed by atoms with Crippen molar-refractivity contribution in [2.45, 2.75) is 62.5 Å². The van der Waals surface area contributed by atoms with Crippen LogP contribution in [0, 0.1) is 12.8 Å². The van der Waals surface area contributed by atoms with Gasteiger partial charge in [0.15, 0.2) is 0 Å². The van der Waals surface area contributed by atoms with Crippen LogP contribution in [0.15, 0.2) is 29.8 Å². The van der Waals surface area contributed by atoms with E-state index in [0.717, 1.165) is 54.8 Å². The van der Waals surface area contributed by atoms with Gasteiger partial charge in [-0.15, -0.1) is 11.3 Å². The largest absolute Gasteiger partial charge is 0.497 e. The molecule has 7 rings (SSSR count). The summed E-state index contributed by atoms with van der Waals surface area (Å²) >= 11 is 1.62. The van der Waals surface area contributed by atoms with Crippen molar-refractivity contribution in [1.82, 2.24) is 19.7 Å². The second-order valence-electron chi connectivity index (χ2n) is 10.5. The van der Waals surface area contributed by atoms with E-state index in [1.807, 2.05) is 16.3 Å². The molecule has 7 heteroatoms. The van der Waals surface area contributed by atoms with Crippen molar-refractivity contribution in [1.29, 1.82) is 0 Å². The first-order chi connectivity index (χ1) is 16.0. The summed E-state index contributed by atoms with van der Waals surface area (Å²) < 4.78 is 7.69. The molecule has 2 bridgehead atoms. The summed E-state index contributed by atoms with van der Waals surface area (Å²) in [6, 6.07) is 6.67. The Morgan fingerprint density at radius 1 is 1.27 bits per heavy atom. The van der Waals surface area contributed by atoms with Crippen LogP contribution in [-0.2, 0) is 24.7 Å². The van der Waals surface area contributed by atoms with Gasteiger partial charge in [0.25, 0.3) is 0 Å². The normalized spacial score (nSPS) is 30.5. The minimum atomic E-state index is -0.812. The number of hydrogen-bond donors (Lipinski definition) is 1. The lowest BCUT2D eigenvalue weighted by Gasteiger charge is -2.63. The molecule has 3 aromatic rings. The molecular weight excluding hydrogens is 432 g/mol. The Bertz CT molecular complexity index is 1230. The number of benzene rings is 1. The van der Waals surface area contributed by atoms with Crippen LogP contribution in [0.1, 0.15) is 47.3 Å². The van der Waals surface area contributed by atoms with Gasteiger partial charge in [-0.2, -0.15) is 5.10 Å². The Hall–Kier alpha value is -2.22. The maximum atomic E-state index is 12.8. The van der Waals surface area contributed by atoms with E-state index in [-0.39, 0.29) is 11.5 Å². The maximum absolute atomic E-state index is 12.8. The molecule has 1 aromatic carbocycles. The Morgan fingerprint density at radius 2 is 2.15 bits per heavy atom. The van der Waals surface area contributed by atoms with Crippen molar-refractivity contribution in [2.75, 3.05) is 20.2 Å². The van der Waals surface area contributed by atoms with Crippen LogP contribution in [0.25, 0.3) is 5.13 Å². The van der Waals surface area contributed by atoms with Gasteiger partial charge in [-0.1, -0.05) is 6.07 Å². The molecular formula is C26H30N4O2S. The third-order valence-electron chi connectivity index (χ3n) is 8.89. The van der Waals surface area contributed by atoms with E-state index in [4.69, 9.17) is 9.84 Å². The van der Waals surface area contributed by atoms with Gasteiger partial charge in [-0.25, -0.2) is 9.67 Å². The van der Waals surface area contributed by atoms with Gasteiger partial charge in [0.1, 0.15) is 5.75 Å². The van der Waals surface area contributed by atoms with Crippen molar-refractivity contribution >= 4 is 11.3 Å². The van der Waals surface area contributed by atoms with E-state index < -0.39 is 5.60 Å². The van der Waals surface area contributed by atoms with E-state index in [1.165, 1.54) is 35.2 Å². The number of rotatable bonds is 4. The first-order valence-corrected chi connectivity index (χ1v) is 13.0. The summed E-state index contributed by atoms with van der Waals surface area (Å²) in [5, 5.41) is 20.6. The predicted octanol–water partition coefficient (Wildman–Crippen LogP) is 3.45. The number of thiazole rings is 1. The monoisotopic (exact) mass is 462 g/mol. The van der Waals surface area contributed by atoms with Gasteiger partial charge in [-0.05, 0) is 73.9 Å². The van der Waals surface area contributed by atoms with Crippen LogP contribution < -0.4 is 4.74 Å². The van der Waals surface area contributed by atoms with Gasteiger partial charge in [0.2, 0.25) is 5.13 Å². The standard InChI is InChI=1S/C26H30N4O2S/c1-16-20-13-26(31)23-11-18-5-6-19(32-2)12-21(18)25(26,7-9-29(23)15-17-3-4-17)14-22(20)30(28-16)24-27-8-10-33-24/h5-6,8,10,12,17,23,31H,3-4,7,9,11,13-15H2,1-2H3/t23?,25-,26-/m0/s1. The third-order valence-corrected chi connectivity index (χ3v) is 9.64. The summed E-state index contributed by atoms with van der Waals surface area (Å²) in [4.78, 5) is 7.18. The van der Waals surface area contributed by atoms with Gasteiger partial charge >= 0.3 is 0 Å². The van der Waals surface area contributed by atoms with Crippen molar-refractivity contribution in [3.8, 4) is 10.9 Å². The van der Waals surface area contributed by atoms with Crippen molar-refractivity contribution in [2.24, 2.45) is 5.92 Å². The lowest BCUT2D eigenvalue weighted by atomic mass is 9.49. The lowest BCUT2D eigenvalue weighted by molar-refractivity contribution is -0.152. The highest BCUT2D eigenvalue weighted by atomic mass is 32.1. The molecule has 2 fully saturated rings. The molecule has 1 saturated carbocycles. The first kappa shape index (κ1) is 20.2. The topological polar surface area (TPSA) is 63.4 Å². The second kappa shape index (κ2) is 6.90. The predicted molar refractivity (Wildman–Crippen MR) is 127 cm³/mol. The fourth-order valence-corrected chi connectivity index (χ4v) is 7.65. The molecule has 0 spiro atoms. The van der Waals surface area contributed by atoms with E-state index in [9.17, 15) is 5.11 Å². The molecule has 1 N–H and O–H groups in total. The number of fused-ring (bicyclic) bond motifs is 2. The van der Waals surface area contributed by atoms with Crippen molar-refractivity contribution < 1.29 is 9.84 Å². The molecule has 4 aliphatic rings. The zero-order valence-electron chi connectivity index (χ0n) is 19.3. The number of aromatic nitrogens is 3. The Kier molecular flexibility index (Phi) is 4.22. The minimum Gasteiger partial charge on any atom is -0.497 e. The number of ether oxygens (including phenoxy) is 1. The Morgan fingerprint density at radius 3 is 2.91 bits per heavy atom. The average molecular weight is 463 g/mol. The smallest absolute Gasteiger partial charge is 0.210 e. The molecule has 172 valence electrons. The summed E-state index contributed by atoms with van der Waals surface area (Å²) in [6.45, 7) is 4.25. The van der Waals surface area contributed by atoms with E-state index in [0.29, 0.717) is 6.42 Å². The molecule has 0 amide bonds. The maximum Gasteiger partial charge on any atom is 0.210 e. The van der Waals surface area contributed by atoms with Crippen molar-refractivity contribution in [3.63, 3.8) is 0 Å². The quantitative estimate of drug-likeness (QED) is 0.644. The molecule has 1 saturated heterocycles. The highest BCUT2D eigenvalue weighted by Gasteiger charge is 2.65. The van der Waals surface area contributed by atoms with Crippen LogP contribution in [0.3, 0.4) is 0 Å². The number of likely N-dealkylation sites (tertiary alicyclic amines) is 1. The number of hydrogen-bond acceptors (Lipinski definition) is 6. The zero-order valence-corrected chi connectivity index (χ0v) is 20.1. The van der Waals surface area contributed by atoms with Crippen LogP contribution in [-0.4, -0.2) is 56.6 Å². The van der Waals surface area contributed by atoms with Crippen LogP contribution in [0.2, 0.25) is 0 Å². The molecule has 3 heterocycles. The highest BCUT2D eigenvalue weighted by Crippen LogP contribution is 2.58. The van der Waals surface area contributed by atoms with Crippen LogP contribution >= 0.6 is 11.3 Å². The molecule has 1 unspecified atom stereocenters. The molecule has 1 aliphatic heterocycles. The zero-order chi connectivity index (χ0) is 22.4. The molecule has 6 nitrogen and oxygen atoms in total. The molecule has 0 radical (unpaired) electrons. The minimum absolute atomic E-state index is 0.142. The van der Waals surface area contributed by atoms with E-state index in [2.05, 4.69) is 35.0 Å². The fraction of sp³-hybridized carbons (Fsp3) is 0.538. The molecule has 3 aliphatic carbocycles. The van der Waals surface area contributed by atoms with Crippen molar-refractivity contribution in [3.05, 3.63) is 57.9 Å². The average Bonchev–Trinajstić information content (AvgIpc) is 3.36. The molecule has 2 aromatic heterocycles. The number of aliphatic hydroxyl groups is 1. The van der Waals surface area contributed by atoms with Crippen LogP contribution in [0.5, 0.6) is 5.75 Å². The molecule has 33 heavy (non-hydrogen) atoms. The second-order valence-corrected chi connectivity index (χ2v) is 11.4. The lowest BCUT2D eigenvalue weighted by Crippen LogP contribution is -2.74. The summed E-state index contributed by atoms with van der Waals surface area (Å²) in [7, 11) is 1.73.